The smallest absolute Gasteiger partial charge is 0.273 e. The summed E-state index contributed by atoms with van der Waals surface area (Å²) in [4.78, 5) is 24.6. The molecule has 0 saturated heterocycles. The summed E-state index contributed by atoms with van der Waals surface area (Å²) in [5.41, 5.74) is -0.00171. The summed E-state index contributed by atoms with van der Waals surface area (Å²) in [6, 6.07) is 0.605. The molecule has 0 radical (unpaired) electrons. The van der Waals surface area contributed by atoms with Gasteiger partial charge in [0.25, 0.3) is 5.91 Å². The van der Waals surface area contributed by atoms with Crippen molar-refractivity contribution in [1.82, 2.24) is 10.9 Å². The van der Waals surface area contributed by atoms with Gasteiger partial charge in [-0.1, -0.05) is 0 Å². The maximum atomic E-state index is 13.0. The fourth-order valence-electron chi connectivity index (χ4n) is 6.18. The SMILES string of the molecule is O=C(CC12CC3CC(CC(C3)C1)C2)NNC(=O)c1cc(C(F)(F)F)cc(C(F)(F)F)c1. The minimum Gasteiger partial charge on any atom is -0.273 e. The van der Waals surface area contributed by atoms with E-state index in [0.29, 0.717) is 29.9 Å². The Bertz CT molecular complexity index is 825. The van der Waals surface area contributed by atoms with Gasteiger partial charge < -0.3 is 0 Å². The summed E-state index contributed by atoms with van der Waals surface area (Å²) in [5, 5.41) is 0. The van der Waals surface area contributed by atoms with E-state index in [2.05, 4.69) is 5.43 Å². The highest BCUT2D eigenvalue weighted by Crippen LogP contribution is 2.61. The highest BCUT2D eigenvalue weighted by atomic mass is 19.4. The monoisotopic (exact) mass is 448 g/mol. The first kappa shape index (κ1) is 22.0. The molecule has 0 aromatic heterocycles. The van der Waals surface area contributed by atoms with Crippen molar-refractivity contribution in [1.29, 1.82) is 0 Å². The lowest BCUT2D eigenvalue weighted by Crippen LogP contribution is -2.50. The van der Waals surface area contributed by atoms with Crippen LogP contribution in [0.3, 0.4) is 0 Å². The molecule has 4 saturated carbocycles. The van der Waals surface area contributed by atoms with Crippen LogP contribution in [0, 0.1) is 23.2 Å². The van der Waals surface area contributed by atoms with Gasteiger partial charge in [0.15, 0.2) is 0 Å². The number of nitrogens with one attached hydrogen (secondary N) is 2. The molecule has 31 heavy (non-hydrogen) atoms. The molecule has 4 aliphatic carbocycles. The molecule has 1 aromatic rings. The number of hydrazine groups is 1. The highest BCUT2D eigenvalue weighted by molar-refractivity contribution is 5.95. The molecule has 170 valence electrons. The van der Waals surface area contributed by atoms with Crippen molar-refractivity contribution in [3.05, 3.63) is 34.9 Å². The molecule has 0 heterocycles. The highest BCUT2D eigenvalue weighted by Gasteiger charge is 2.51. The first-order valence-corrected chi connectivity index (χ1v) is 10.2. The number of rotatable bonds is 3. The number of benzene rings is 1. The van der Waals surface area contributed by atoms with Gasteiger partial charge in [-0.05, 0) is 79.9 Å². The topological polar surface area (TPSA) is 58.2 Å². The average Bonchev–Trinajstić information content (AvgIpc) is 2.63. The van der Waals surface area contributed by atoms with Gasteiger partial charge >= 0.3 is 12.4 Å². The summed E-state index contributed by atoms with van der Waals surface area (Å²) in [6.45, 7) is 0. The molecule has 4 nitrogen and oxygen atoms in total. The largest absolute Gasteiger partial charge is 0.416 e. The molecule has 0 aliphatic heterocycles. The lowest BCUT2D eigenvalue weighted by Gasteiger charge is -2.56. The van der Waals surface area contributed by atoms with Crippen LogP contribution in [-0.4, -0.2) is 11.8 Å². The Morgan fingerprint density at radius 3 is 1.68 bits per heavy atom. The van der Waals surface area contributed by atoms with Crippen LogP contribution < -0.4 is 10.9 Å². The van der Waals surface area contributed by atoms with Crippen LogP contribution >= 0.6 is 0 Å². The van der Waals surface area contributed by atoms with Crippen LogP contribution in [0.2, 0.25) is 0 Å². The van der Waals surface area contributed by atoms with E-state index in [1.807, 2.05) is 5.43 Å². The molecule has 2 N–H and O–H groups in total. The van der Waals surface area contributed by atoms with Crippen molar-refractivity contribution in [3.8, 4) is 0 Å². The van der Waals surface area contributed by atoms with Crippen molar-refractivity contribution in [2.75, 3.05) is 0 Å². The third-order valence-corrected chi connectivity index (χ3v) is 6.87. The van der Waals surface area contributed by atoms with E-state index in [9.17, 15) is 35.9 Å². The second-order valence-electron chi connectivity index (χ2n) is 9.39. The molecule has 4 fully saturated rings. The number of carbonyl (C=O) groups excluding carboxylic acids is 2. The van der Waals surface area contributed by atoms with Crippen molar-refractivity contribution < 1.29 is 35.9 Å². The Hall–Kier alpha value is -2.26. The van der Waals surface area contributed by atoms with Crippen molar-refractivity contribution in [3.63, 3.8) is 0 Å². The Kier molecular flexibility index (Phi) is 5.25. The van der Waals surface area contributed by atoms with Gasteiger partial charge in [-0.3, -0.25) is 20.4 Å². The molecular formula is C21H22F6N2O2. The third-order valence-electron chi connectivity index (χ3n) is 6.87. The lowest BCUT2D eigenvalue weighted by molar-refractivity contribution is -0.143. The van der Waals surface area contributed by atoms with Gasteiger partial charge in [0.2, 0.25) is 5.91 Å². The zero-order chi connectivity index (χ0) is 22.6. The second-order valence-corrected chi connectivity index (χ2v) is 9.39. The second kappa shape index (κ2) is 7.41. The van der Waals surface area contributed by atoms with Crippen LogP contribution in [-0.2, 0) is 17.1 Å². The Morgan fingerprint density at radius 2 is 1.26 bits per heavy atom. The van der Waals surface area contributed by atoms with Gasteiger partial charge in [-0.25, -0.2) is 0 Å². The standard InChI is InChI=1S/C21H22F6N2O2/c22-20(23,24)15-4-14(5-16(6-15)21(25,26)27)18(31)29-28-17(30)10-19-7-11-1-12(8-19)3-13(2-11)9-19/h4-6,11-13H,1-3,7-10H2,(H,28,30)(H,29,31). The predicted octanol–water partition coefficient (Wildman–Crippen LogP) is 5.09. The number of amides is 2. The van der Waals surface area contributed by atoms with E-state index in [-0.39, 0.29) is 17.9 Å². The average molecular weight is 448 g/mol. The van der Waals surface area contributed by atoms with Crippen molar-refractivity contribution in [2.45, 2.75) is 57.3 Å². The minimum absolute atomic E-state index is 0.0532. The van der Waals surface area contributed by atoms with Crippen LogP contribution in [0.15, 0.2) is 18.2 Å². The van der Waals surface area contributed by atoms with Gasteiger partial charge in [0, 0.05) is 12.0 Å². The molecule has 1 aromatic carbocycles. The minimum atomic E-state index is -5.06. The number of hydrogen-bond acceptors (Lipinski definition) is 2. The van der Waals surface area contributed by atoms with Crippen molar-refractivity contribution in [2.24, 2.45) is 23.2 Å². The quantitative estimate of drug-likeness (QED) is 0.500. The zero-order valence-corrected chi connectivity index (χ0v) is 16.5. The summed E-state index contributed by atoms with van der Waals surface area (Å²) in [7, 11) is 0. The fraction of sp³-hybridized carbons (Fsp3) is 0.619. The van der Waals surface area contributed by atoms with Crippen LogP contribution in [0.5, 0.6) is 0 Å². The van der Waals surface area contributed by atoms with Gasteiger partial charge in [0.1, 0.15) is 0 Å². The zero-order valence-electron chi connectivity index (χ0n) is 16.5. The molecule has 0 unspecified atom stereocenters. The van der Waals surface area contributed by atoms with E-state index in [4.69, 9.17) is 0 Å². The fourth-order valence-corrected chi connectivity index (χ4v) is 6.18. The van der Waals surface area contributed by atoms with E-state index in [0.717, 1.165) is 19.3 Å². The molecule has 4 aliphatic rings. The van der Waals surface area contributed by atoms with E-state index in [1.54, 1.807) is 0 Å². The molecule has 2 amide bonds. The Balaban J connectivity index is 1.42. The maximum Gasteiger partial charge on any atom is 0.416 e. The van der Waals surface area contributed by atoms with Crippen molar-refractivity contribution >= 4 is 11.8 Å². The number of alkyl halides is 6. The van der Waals surface area contributed by atoms with Crippen LogP contribution in [0.25, 0.3) is 0 Å². The van der Waals surface area contributed by atoms with E-state index >= 15 is 0 Å². The van der Waals surface area contributed by atoms with E-state index in [1.165, 1.54) is 19.3 Å². The van der Waals surface area contributed by atoms with Gasteiger partial charge in [-0.15, -0.1) is 0 Å². The normalized spacial score (nSPS) is 29.7. The summed E-state index contributed by atoms with van der Waals surface area (Å²) in [5.74, 6) is 0.104. The molecule has 10 heteroatoms. The maximum absolute atomic E-state index is 13.0. The summed E-state index contributed by atoms with van der Waals surface area (Å²) in [6.07, 6.45) is -3.52. The molecule has 5 rings (SSSR count). The molecule has 0 spiro atoms. The van der Waals surface area contributed by atoms with Gasteiger partial charge in [-0.2, -0.15) is 26.3 Å². The van der Waals surface area contributed by atoms with E-state index < -0.39 is 40.9 Å². The Morgan fingerprint density at radius 1 is 0.806 bits per heavy atom. The Labute approximate surface area is 174 Å². The molecule has 0 atom stereocenters. The molecular weight excluding hydrogens is 426 g/mol. The number of carbonyl (C=O) groups is 2. The number of hydrogen-bond donors (Lipinski definition) is 2. The molecule has 4 bridgehead atoms. The van der Waals surface area contributed by atoms with Crippen LogP contribution in [0.1, 0.15) is 66.4 Å². The lowest BCUT2D eigenvalue weighted by atomic mass is 9.49. The first-order valence-electron chi connectivity index (χ1n) is 10.2. The predicted molar refractivity (Wildman–Crippen MR) is 97.3 cm³/mol. The van der Waals surface area contributed by atoms with Crippen LogP contribution in [0.4, 0.5) is 26.3 Å². The first-order chi connectivity index (χ1) is 14.3. The van der Waals surface area contributed by atoms with Gasteiger partial charge in [0.05, 0.1) is 11.1 Å². The summed E-state index contributed by atoms with van der Waals surface area (Å²) >= 11 is 0. The number of halogens is 6. The third kappa shape index (κ3) is 4.67. The summed E-state index contributed by atoms with van der Waals surface area (Å²) < 4.78 is 77.8.